The zero-order chi connectivity index (χ0) is 25.9. The topological polar surface area (TPSA) is 86.2 Å². The van der Waals surface area contributed by atoms with E-state index in [1.165, 1.54) is 0 Å². The molecule has 6 nitrogen and oxygen atoms in total. The highest BCUT2D eigenvalue weighted by Gasteiger charge is 2.50. The van der Waals surface area contributed by atoms with E-state index in [1.54, 1.807) is 11.3 Å². The number of fused-ring (bicyclic) bond motifs is 3. The minimum Gasteiger partial charge on any atom is -0.321 e. The first kappa shape index (κ1) is 23.0. The highest BCUT2D eigenvalue weighted by molar-refractivity contribution is 7.08. The summed E-state index contributed by atoms with van der Waals surface area (Å²) in [7, 11) is 0. The predicted molar refractivity (Wildman–Crippen MR) is 152 cm³/mol. The summed E-state index contributed by atoms with van der Waals surface area (Å²) < 4.78 is 1.83. The van der Waals surface area contributed by atoms with Crippen molar-refractivity contribution >= 4 is 34.3 Å². The maximum absolute atomic E-state index is 11.4. The molecule has 1 saturated carbocycles. The van der Waals surface area contributed by atoms with Crippen LogP contribution in [0, 0.1) is 5.41 Å². The van der Waals surface area contributed by atoms with E-state index in [0.717, 1.165) is 62.2 Å². The van der Waals surface area contributed by atoms with Crippen LogP contribution in [0.1, 0.15) is 25.3 Å². The van der Waals surface area contributed by atoms with Gasteiger partial charge < -0.3 is 10.5 Å². The van der Waals surface area contributed by atoms with Crippen molar-refractivity contribution in [2.24, 2.45) is 11.1 Å². The lowest BCUT2D eigenvalue weighted by Gasteiger charge is -2.50. The molecule has 0 unspecified atom stereocenters. The lowest BCUT2D eigenvalue weighted by molar-refractivity contribution is -0.123. The van der Waals surface area contributed by atoms with Crippen LogP contribution in [-0.4, -0.2) is 25.9 Å². The highest BCUT2D eigenvalue weighted by atomic mass is 32.1. The molecule has 0 atom stereocenters. The van der Waals surface area contributed by atoms with Crippen LogP contribution in [0.2, 0.25) is 0 Å². The van der Waals surface area contributed by atoms with Gasteiger partial charge in [-0.3, -0.25) is 0 Å². The number of thiophene rings is 1. The van der Waals surface area contributed by atoms with Crippen LogP contribution in [0.4, 0.5) is 0 Å². The minimum absolute atomic E-state index is 0.334. The van der Waals surface area contributed by atoms with Gasteiger partial charge in [-0.1, -0.05) is 61.5 Å². The molecule has 186 valence electrons. The molecule has 1 aliphatic carbocycles. The molecule has 0 aliphatic heterocycles. The number of aldehydes is 1. The highest BCUT2D eigenvalue weighted by Crippen LogP contribution is 2.51. The molecular formula is C31H25N5OS. The fourth-order valence-corrected chi connectivity index (χ4v) is 6.43. The Hall–Kier alpha value is -4.20. The van der Waals surface area contributed by atoms with Crippen molar-refractivity contribution in [3.8, 4) is 33.6 Å². The summed E-state index contributed by atoms with van der Waals surface area (Å²) in [6.07, 6.45) is 4.22. The molecule has 4 heterocycles. The number of aromatic nitrogens is 4. The number of hydrogen-bond acceptors (Lipinski definition) is 6. The van der Waals surface area contributed by atoms with Crippen LogP contribution in [0.3, 0.4) is 0 Å². The third-order valence-electron chi connectivity index (χ3n) is 7.62. The Morgan fingerprint density at radius 3 is 2.47 bits per heavy atom. The summed E-state index contributed by atoms with van der Waals surface area (Å²) >= 11 is 1.65. The first-order chi connectivity index (χ1) is 18.4. The van der Waals surface area contributed by atoms with Crippen molar-refractivity contribution in [3.63, 3.8) is 0 Å². The number of hydrogen-bond donors (Lipinski definition) is 1. The number of benzene rings is 2. The minimum atomic E-state index is -0.474. The smallest absolute Gasteiger partial charge is 0.165 e. The predicted octanol–water partition coefficient (Wildman–Crippen LogP) is 6.49. The summed E-state index contributed by atoms with van der Waals surface area (Å²) in [4.78, 5) is 21.3. The summed E-state index contributed by atoms with van der Waals surface area (Å²) in [5.74, 6) is 0. The Bertz CT molecular complexity index is 1800. The van der Waals surface area contributed by atoms with Gasteiger partial charge >= 0.3 is 0 Å². The monoisotopic (exact) mass is 515 g/mol. The van der Waals surface area contributed by atoms with Crippen molar-refractivity contribution in [2.45, 2.75) is 25.3 Å². The molecular weight excluding hydrogens is 490 g/mol. The molecule has 2 N–H and O–H groups in total. The van der Waals surface area contributed by atoms with Crippen molar-refractivity contribution in [2.75, 3.05) is 0 Å². The van der Waals surface area contributed by atoms with Gasteiger partial charge in [0.2, 0.25) is 0 Å². The van der Waals surface area contributed by atoms with Crippen molar-refractivity contribution in [3.05, 3.63) is 95.3 Å². The van der Waals surface area contributed by atoms with E-state index in [4.69, 9.17) is 15.8 Å². The van der Waals surface area contributed by atoms with E-state index in [-0.39, 0.29) is 5.41 Å². The summed E-state index contributed by atoms with van der Waals surface area (Å²) in [6.45, 7) is 1.97. The first-order valence-electron chi connectivity index (χ1n) is 12.6. The van der Waals surface area contributed by atoms with Gasteiger partial charge in [-0.25, -0.2) is 9.97 Å². The van der Waals surface area contributed by atoms with Crippen LogP contribution in [-0.2, 0) is 10.3 Å². The van der Waals surface area contributed by atoms with Crippen molar-refractivity contribution < 1.29 is 4.79 Å². The molecule has 0 amide bonds. The van der Waals surface area contributed by atoms with Gasteiger partial charge in [0.25, 0.3) is 0 Å². The van der Waals surface area contributed by atoms with Gasteiger partial charge in [0.05, 0.1) is 11.4 Å². The second-order valence-corrected chi connectivity index (χ2v) is 11.4. The Labute approximate surface area is 223 Å². The average molecular weight is 516 g/mol. The fourth-order valence-electron chi connectivity index (χ4n) is 5.78. The van der Waals surface area contributed by atoms with Gasteiger partial charge in [0, 0.05) is 50.7 Å². The van der Waals surface area contributed by atoms with E-state index in [1.807, 2.05) is 47.3 Å². The zero-order valence-corrected chi connectivity index (χ0v) is 21.7. The molecule has 7 heteroatoms. The maximum atomic E-state index is 11.4. The second-order valence-electron chi connectivity index (χ2n) is 10.6. The molecule has 38 heavy (non-hydrogen) atoms. The molecule has 0 spiro atoms. The summed E-state index contributed by atoms with van der Waals surface area (Å²) in [5.41, 5.74) is 14.3. The second kappa shape index (κ2) is 8.41. The van der Waals surface area contributed by atoms with Crippen molar-refractivity contribution in [1.82, 2.24) is 19.6 Å². The molecule has 6 aromatic rings. The van der Waals surface area contributed by atoms with Crippen LogP contribution in [0.25, 0.3) is 50.3 Å². The van der Waals surface area contributed by atoms with E-state index in [0.29, 0.717) is 12.8 Å². The number of pyridine rings is 1. The standard InChI is InChI=1S/C31H25N5OS/c1-30(19-37)17-31(32,18-30)24-9-7-21(8-10-24)28-25(20-5-3-2-4-6-20)13-23-15-33-27-14-26(22-11-12-38-16-22)35-36(27)29(23)34-28/h2-16,19H,17-18,32H2,1H3. The zero-order valence-electron chi connectivity index (χ0n) is 20.8. The van der Waals surface area contributed by atoms with Crippen LogP contribution >= 0.6 is 11.3 Å². The van der Waals surface area contributed by atoms with E-state index in [2.05, 4.69) is 58.9 Å². The molecule has 2 aromatic carbocycles. The number of carbonyl (C=O) groups is 1. The molecule has 0 bridgehead atoms. The number of rotatable bonds is 5. The van der Waals surface area contributed by atoms with E-state index < -0.39 is 5.54 Å². The van der Waals surface area contributed by atoms with Crippen LogP contribution < -0.4 is 5.73 Å². The molecule has 1 aliphatic rings. The molecule has 0 radical (unpaired) electrons. The number of nitrogens with zero attached hydrogens (tertiary/aromatic N) is 4. The van der Waals surface area contributed by atoms with Gasteiger partial charge in [0.1, 0.15) is 6.29 Å². The van der Waals surface area contributed by atoms with E-state index in [9.17, 15) is 4.79 Å². The molecule has 1 fully saturated rings. The number of carbonyl (C=O) groups excluding carboxylic acids is 1. The van der Waals surface area contributed by atoms with Crippen molar-refractivity contribution in [1.29, 1.82) is 0 Å². The lowest BCUT2D eigenvalue weighted by atomic mass is 9.57. The molecule has 7 rings (SSSR count). The van der Waals surface area contributed by atoms with Gasteiger partial charge in [0.15, 0.2) is 11.3 Å². The quantitative estimate of drug-likeness (QED) is 0.265. The summed E-state index contributed by atoms with van der Waals surface area (Å²) in [6, 6.07) is 24.8. The van der Waals surface area contributed by atoms with Gasteiger partial charge in [-0.05, 0) is 41.5 Å². The third-order valence-corrected chi connectivity index (χ3v) is 8.30. The Balaban J connectivity index is 1.38. The van der Waals surface area contributed by atoms with Crippen LogP contribution in [0.15, 0.2) is 89.8 Å². The molecule has 4 aromatic heterocycles. The van der Waals surface area contributed by atoms with Gasteiger partial charge in [-0.2, -0.15) is 21.0 Å². The largest absolute Gasteiger partial charge is 0.321 e. The van der Waals surface area contributed by atoms with Crippen LogP contribution in [0.5, 0.6) is 0 Å². The number of nitrogens with two attached hydrogens (primary N) is 1. The maximum Gasteiger partial charge on any atom is 0.165 e. The lowest BCUT2D eigenvalue weighted by Crippen LogP contribution is -2.55. The Morgan fingerprint density at radius 2 is 1.76 bits per heavy atom. The average Bonchev–Trinajstić information content (AvgIpc) is 3.62. The fraction of sp³-hybridized carbons (Fsp3) is 0.161. The first-order valence-corrected chi connectivity index (χ1v) is 13.5. The third kappa shape index (κ3) is 3.66. The Morgan fingerprint density at radius 1 is 0.974 bits per heavy atom. The SMILES string of the molecule is CC1(C=O)CC(N)(c2ccc(-c3nc4c(cnc5cc(-c6ccsc6)nn54)cc3-c3ccccc3)cc2)C1. The normalized spacial score (nSPS) is 21.0. The Kier molecular flexibility index (Phi) is 5.08. The summed E-state index contributed by atoms with van der Waals surface area (Å²) in [5, 5.41) is 9.91. The van der Waals surface area contributed by atoms with E-state index >= 15 is 0 Å². The molecule has 0 saturated heterocycles. The van der Waals surface area contributed by atoms with Gasteiger partial charge in [-0.15, -0.1) is 0 Å².